The molecule has 0 saturated carbocycles. The number of ketones is 1. The van der Waals surface area contributed by atoms with E-state index in [2.05, 4.69) is 4.90 Å². The summed E-state index contributed by atoms with van der Waals surface area (Å²) < 4.78 is 13.1. The van der Waals surface area contributed by atoms with Crippen molar-refractivity contribution in [2.24, 2.45) is 0 Å². The maximum Gasteiger partial charge on any atom is 0.176 e. The maximum atomic E-state index is 13.1. The van der Waals surface area contributed by atoms with Crippen LogP contribution in [-0.4, -0.2) is 30.3 Å². The van der Waals surface area contributed by atoms with Crippen molar-refractivity contribution in [1.82, 2.24) is 4.90 Å². The van der Waals surface area contributed by atoms with Gasteiger partial charge in [-0.1, -0.05) is 6.42 Å². The van der Waals surface area contributed by atoms with Gasteiger partial charge in [0.2, 0.25) is 0 Å². The van der Waals surface area contributed by atoms with Crippen LogP contribution >= 0.6 is 0 Å². The first kappa shape index (κ1) is 12.2. The number of halogens is 1. The number of benzene rings is 1. The van der Waals surface area contributed by atoms with Crippen LogP contribution in [0.15, 0.2) is 18.2 Å². The van der Waals surface area contributed by atoms with Gasteiger partial charge in [0.1, 0.15) is 5.82 Å². The third kappa shape index (κ3) is 3.13. The van der Waals surface area contributed by atoms with Gasteiger partial charge in [-0.15, -0.1) is 0 Å². The van der Waals surface area contributed by atoms with Crippen LogP contribution in [0.2, 0.25) is 0 Å². The quantitative estimate of drug-likeness (QED) is 0.751. The Morgan fingerprint density at radius 1 is 1.29 bits per heavy atom. The van der Waals surface area contributed by atoms with Gasteiger partial charge in [-0.3, -0.25) is 9.69 Å². The second-order valence-electron chi connectivity index (χ2n) is 4.72. The van der Waals surface area contributed by atoms with E-state index in [9.17, 15) is 9.18 Å². The molecule has 2 rings (SSSR count). The van der Waals surface area contributed by atoms with Crippen LogP contribution in [-0.2, 0) is 0 Å². The first-order valence-electron chi connectivity index (χ1n) is 6.18. The van der Waals surface area contributed by atoms with E-state index >= 15 is 0 Å². The van der Waals surface area contributed by atoms with Crippen LogP contribution < -0.4 is 0 Å². The topological polar surface area (TPSA) is 20.3 Å². The Kier molecular flexibility index (Phi) is 3.89. The molecule has 1 saturated heterocycles. The molecule has 1 aromatic rings. The molecule has 0 atom stereocenters. The zero-order chi connectivity index (χ0) is 12.3. The van der Waals surface area contributed by atoms with Crippen molar-refractivity contribution >= 4 is 5.78 Å². The van der Waals surface area contributed by atoms with Crippen molar-refractivity contribution < 1.29 is 9.18 Å². The molecule has 3 heteroatoms. The van der Waals surface area contributed by atoms with Crippen LogP contribution in [0.3, 0.4) is 0 Å². The number of hydrogen-bond acceptors (Lipinski definition) is 2. The average Bonchev–Trinajstić information content (AvgIpc) is 2.34. The van der Waals surface area contributed by atoms with Crippen molar-refractivity contribution in [3.63, 3.8) is 0 Å². The fourth-order valence-corrected chi connectivity index (χ4v) is 2.23. The summed E-state index contributed by atoms with van der Waals surface area (Å²) >= 11 is 0. The lowest BCUT2D eigenvalue weighted by Crippen LogP contribution is -2.34. The van der Waals surface area contributed by atoms with Gasteiger partial charge >= 0.3 is 0 Å². The van der Waals surface area contributed by atoms with Crippen molar-refractivity contribution in [3.05, 3.63) is 35.1 Å². The Labute approximate surface area is 101 Å². The summed E-state index contributed by atoms with van der Waals surface area (Å²) in [4.78, 5) is 14.2. The lowest BCUT2D eigenvalue weighted by Gasteiger charge is -2.25. The smallest absolute Gasteiger partial charge is 0.176 e. The van der Waals surface area contributed by atoms with Gasteiger partial charge < -0.3 is 0 Å². The number of hydrogen-bond donors (Lipinski definition) is 0. The molecule has 0 aromatic heterocycles. The van der Waals surface area contributed by atoms with E-state index in [-0.39, 0.29) is 11.6 Å². The third-order valence-electron chi connectivity index (χ3n) is 3.30. The fraction of sp³-hybridized carbons (Fsp3) is 0.500. The number of nitrogens with zero attached hydrogens (tertiary/aromatic N) is 1. The molecule has 0 bridgehead atoms. The Morgan fingerprint density at radius 2 is 2.00 bits per heavy atom. The molecular formula is C14H18FNO. The SMILES string of the molecule is Cc1cc(C(=O)CN2CCCCC2)ccc1F. The highest BCUT2D eigenvalue weighted by atomic mass is 19.1. The van der Waals surface area contributed by atoms with E-state index in [0.29, 0.717) is 17.7 Å². The van der Waals surface area contributed by atoms with E-state index in [1.807, 2.05) is 0 Å². The summed E-state index contributed by atoms with van der Waals surface area (Å²) in [7, 11) is 0. The van der Waals surface area contributed by atoms with Crippen molar-refractivity contribution in [2.45, 2.75) is 26.2 Å². The Hall–Kier alpha value is -1.22. The highest BCUT2D eigenvalue weighted by Crippen LogP contribution is 2.13. The molecule has 0 amide bonds. The van der Waals surface area contributed by atoms with Crippen LogP contribution in [0.4, 0.5) is 4.39 Å². The Balaban J connectivity index is 2.01. The molecular weight excluding hydrogens is 217 g/mol. The van der Waals surface area contributed by atoms with Crippen LogP contribution in [0.1, 0.15) is 35.2 Å². The third-order valence-corrected chi connectivity index (χ3v) is 3.30. The molecule has 1 aromatic carbocycles. The number of piperidine rings is 1. The van der Waals surface area contributed by atoms with E-state index in [1.165, 1.54) is 25.3 Å². The predicted octanol–water partition coefficient (Wildman–Crippen LogP) is 2.80. The molecule has 2 nitrogen and oxygen atoms in total. The zero-order valence-electron chi connectivity index (χ0n) is 10.2. The molecule has 1 heterocycles. The standard InChI is InChI=1S/C14H18FNO/c1-11-9-12(5-6-13(11)15)14(17)10-16-7-3-2-4-8-16/h5-6,9H,2-4,7-8,10H2,1H3. The number of carbonyl (C=O) groups is 1. The van der Waals surface area contributed by atoms with E-state index in [1.54, 1.807) is 19.1 Å². The first-order chi connectivity index (χ1) is 8.16. The summed E-state index contributed by atoms with van der Waals surface area (Å²) in [6.45, 7) is 4.16. The molecule has 0 N–H and O–H groups in total. The molecule has 0 aliphatic carbocycles. The summed E-state index contributed by atoms with van der Waals surface area (Å²) in [5.74, 6) is -0.158. The van der Waals surface area contributed by atoms with E-state index < -0.39 is 0 Å². The van der Waals surface area contributed by atoms with Gasteiger partial charge in [-0.2, -0.15) is 0 Å². The minimum Gasteiger partial charge on any atom is -0.296 e. The Bertz CT molecular complexity index is 411. The summed E-state index contributed by atoms with van der Waals surface area (Å²) in [6.07, 6.45) is 3.62. The van der Waals surface area contributed by atoms with Crippen LogP contribution in [0.25, 0.3) is 0 Å². The van der Waals surface area contributed by atoms with Crippen molar-refractivity contribution in [3.8, 4) is 0 Å². The molecule has 92 valence electrons. The van der Waals surface area contributed by atoms with Crippen molar-refractivity contribution in [1.29, 1.82) is 0 Å². The minimum absolute atomic E-state index is 0.0926. The monoisotopic (exact) mass is 235 g/mol. The summed E-state index contributed by atoms with van der Waals surface area (Å²) in [5, 5.41) is 0. The highest BCUT2D eigenvalue weighted by molar-refractivity contribution is 5.97. The molecule has 17 heavy (non-hydrogen) atoms. The molecule has 1 fully saturated rings. The highest BCUT2D eigenvalue weighted by Gasteiger charge is 2.15. The number of rotatable bonds is 3. The molecule has 1 aliphatic heterocycles. The van der Waals surface area contributed by atoms with E-state index in [0.717, 1.165) is 13.1 Å². The molecule has 1 aliphatic rings. The van der Waals surface area contributed by atoms with Gasteiger partial charge in [0.25, 0.3) is 0 Å². The minimum atomic E-state index is -0.250. The van der Waals surface area contributed by atoms with E-state index in [4.69, 9.17) is 0 Å². The first-order valence-corrected chi connectivity index (χ1v) is 6.18. The van der Waals surface area contributed by atoms with Crippen LogP contribution in [0.5, 0.6) is 0 Å². The lowest BCUT2D eigenvalue weighted by atomic mass is 10.1. The number of Topliss-reactive ketones (excluding diaryl/α,β-unsaturated/α-hetero) is 1. The van der Waals surface area contributed by atoms with Crippen molar-refractivity contribution in [2.75, 3.05) is 19.6 Å². The van der Waals surface area contributed by atoms with Gasteiger partial charge in [0, 0.05) is 5.56 Å². The van der Waals surface area contributed by atoms with Gasteiger partial charge in [-0.25, -0.2) is 4.39 Å². The van der Waals surface area contributed by atoms with Gasteiger partial charge in [0.15, 0.2) is 5.78 Å². The maximum absolute atomic E-state index is 13.1. The van der Waals surface area contributed by atoms with Crippen LogP contribution in [0, 0.1) is 12.7 Å². The molecule has 0 spiro atoms. The lowest BCUT2D eigenvalue weighted by molar-refractivity contribution is 0.0915. The second kappa shape index (κ2) is 5.41. The summed E-state index contributed by atoms with van der Waals surface area (Å²) in [5.41, 5.74) is 1.16. The average molecular weight is 235 g/mol. The normalized spacial score (nSPS) is 17.1. The molecule has 0 unspecified atom stereocenters. The Morgan fingerprint density at radius 3 is 2.65 bits per heavy atom. The number of likely N-dealkylation sites (tertiary alicyclic amines) is 1. The largest absolute Gasteiger partial charge is 0.296 e. The number of aryl methyl sites for hydroxylation is 1. The fourth-order valence-electron chi connectivity index (χ4n) is 2.23. The number of carbonyl (C=O) groups excluding carboxylic acids is 1. The molecule has 0 radical (unpaired) electrons. The van der Waals surface area contributed by atoms with Gasteiger partial charge in [-0.05, 0) is 56.6 Å². The summed E-state index contributed by atoms with van der Waals surface area (Å²) in [6, 6.07) is 4.59. The van der Waals surface area contributed by atoms with Gasteiger partial charge in [0.05, 0.1) is 6.54 Å². The second-order valence-corrected chi connectivity index (χ2v) is 4.72. The zero-order valence-corrected chi connectivity index (χ0v) is 10.2. The predicted molar refractivity (Wildman–Crippen MR) is 65.8 cm³/mol.